The van der Waals surface area contributed by atoms with Crippen molar-refractivity contribution in [2.24, 2.45) is 5.73 Å². The van der Waals surface area contributed by atoms with E-state index in [9.17, 15) is 27.1 Å². The van der Waals surface area contributed by atoms with E-state index < -0.39 is 40.3 Å². The van der Waals surface area contributed by atoms with Crippen LogP contribution in [0.2, 0.25) is 0 Å². The highest BCUT2D eigenvalue weighted by Gasteiger charge is 2.62. The largest absolute Gasteiger partial charge is 0.507 e. The minimum Gasteiger partial charge on any atom is -0.507 e. The van der Waals surface area contributed by atoms with Gasteiger partial charge in [0.2, 0.25) is 0 Å². The van der Waals surface area contributed by atoms with Gasteiger partial charge in [-0.05, 0) is 28.0 Å². The van der Waals surface area contributed by atoms with Crippen LogP contribution in [-0.4, -0.2) is 17.2 Å². The lowest BCUT2D eigenvalue weighted by atomic mass is 9.77. The Bertz CT molecular complexity index is 615. The zero-order valence-corrected chi connectivity index (χ0v) is 15.9. The molecule has 0 bridgehead atoms. The second kappa shape index (κ2) is 6.91. The molecule has 1 aromatic carbocycles. The lowest BCUT2D eigenvalue weighted by Gasteiger charge is -2.31. The van der Waals surface area contributed by atoms with Crippen molar-refractivity contribution in [1.29, 1.82) is 0 Å². The van der Waals surface area contributed by atoms with Crippen molar-refractivity contribution in [2.45, 2.75) is 70.5 Å². The van der Waals surface area contributed by atoms with Gasteiger partial charge < -0.3 is 10.8 Å². The van der Waals surface area contributed by atoms with E-state index in [0.717, 1.165) is 6.07 Å². The zero-order valence-electron chi connectivity index (χ0n) is 15.1. The third kappa shape index (κ3) is 4.76. The standard InChI is InChI=1S/C17H24F5NO.ClH/c1-14(2,3)9-7-10(12(24)11(8-9)15(4,5)6)13(23)16(18,19)17(20,21)22;/h7-8,13,24H,23H2,1-6H3;1H/t13-;/m1./s1. The van der Waals surface area contributed by atoms with Gasteiger partial charge in [-0.2, -0.15) is 22.0 Å². The molecule has 0 fully saturated rings. The Labute approximate surface area is 151 Å². The summed E-state index contributed by atoms with van der Waals surface area (Å²) in [5, 5.41) is 10.3. The number of halogens is 6. The van der Waals surface area contributed by atoms with E-state index in [1.54, 1.807) is 47.6 Å². The Morgan fingerprint density at radius 3 is 1.64 bits per heavy atom. The van der Waals surface area contributed by atoms with Crippen molar-refractivity contribution in [1.82, 2.24) is 0 Å². The lowest BCUT2D eigenvalue weighted by Crippen LogP contribution is -2.46. The number of hydrogen-bond donors (Lipinski definition) is 2. The van der Waals surface area contributed by atoms with E-state index in [1.165, 1.54) is 0 Å². The van der Waals surface area contributed by atoms with Gasteiger partial charge in [0, 0.05) is 5.56 Å². The third-order valence-electron chi connectivity index (χ3n) is 3.92. The summed E-state index contributed by atoms with van der Waals surface area (Å²) in [6.07, 6.45) is -5.81. The molecule has 25 heavy (non-hydrogen) atoms. The second-order valence-electron chi connectivity index (χ2n) is 8.06. The predicted molar refractivity (Wildman–Crippen MR) is 90.7 cm³/mol. The minimum atomic E-state index is -5.81. The Kier molecular flexibility index (Phi) is 6.61. The Morgan fingerprint density at radius 1 is 0.880 bits per heavy atom. The summed E-state index contributed by atoms with van der Waals surface area (Å²) in [6.45, 7) is 10.6. The van der Waals surface area contributed by atoms with Crippen LogP contribution in [0.4, 0.5) is 22.0 Å². The molecule has 1 atom stereocenters. The summed E-state index contributed by atoms with van der Waals surface area (Å²) < 4.78 is 65.3. The second-order valence-corrected chi connectivity index (χ2v) is 8.06. The van der Waals surface area contributed by atoms with Gasteiger partial charge in [0.05, 0.1) is 0 Å². The molecule has 0 unspecified atom stereocenters. The molecule has 0 aliphatic carbocycles. The first-order chi connectivity index (χ1) is 10.4. The number of phenolic OH excluding ortho intramolecular Hbond substituents is 1. The number of phenols is 1. The summed E-state index contributed by atoms with van der Waals surface area (Å²) in [7, 11) is 0. The van der Waals surface area contributed by atoms with Crippen LogP contribution in [0.3, 0.4) is 0 Å². The van der Waals surface area contributed by atoms with Crippen molar-refractivity contribution in [3.05, 3.63) is 28.8 Å². The number of alkyl halides is 5. The minimum absolute atomic E-state index is 0. The molecule has 0 saturated heterocycles. The van der Waals surface area contributed by atoms with Crippen LogP contribution in [0.25, 0.3) is 0 Å². The smallest absolute Gasteiger partial charge is 0.455 e. The van der Waals surface area contributed by atoms with Crippen molar-refractivity contribution in [2.75, 3.05) is 0 Å². The number of nitrogens with two attached hydrogens (primary N) is 1. The SMILES string of the molecule is CC(C)(C)c1cc([C@@H](N)C(F)(F)C(F)(F)F)c(O)c(C(C)(C)C)c1.Cl. The average molecular weight is 390 g/mol. The molecule has 8 heteroatoms. The van der Waals surface area contributed by atoms with Crippen LogP contribution in [-0.2, 0) is 10.8 Å². The number of benzene rings is 1. The highest BCUT2D eigenvalue weighted by molar-refractivity contribution is 5.85. The highest BCUT2D eigenvalue weighted by atomic mass is 35.5. The summed E-state index contributed by atoms with van der Waals surface area (Å²) in [5.74, 6) is -5.78. The number of hydrogen-bond acceptors (Lipinski definition) is 2. The molecule has 0 amide bonds. The van der Waals surface area contributed by atoms with Crippen LogP contribution >= 0.6 is 12.4 Å². The van der Waals surface area contributed by atoms with Gasteiger partial charge in [0.1, 0.15) is 11.8 Å². The third-order valence-corrected chi connectivity index (χ3v) is 3.92. The quantitative estimate of drug-likeness (QED) is 0.646. The van der Waals surface area contributed by atoms with Gasteiger partial charge in [0.15, 0.2) is 0 Å². The normalized spacial score (nSPS) is 14.9. The van der Waals surface area contributed by atoms with Crippen LogP contribution < -0.4 is 5.73 Å². The fraction of sp³-hybridized carbons (Fsp3) is 0.647. The van der Waals surface area contributed by atoms with Crippen molar-refractivity contribution >= 4 is 12.4 Å². The summed E-state index contributed by atoms with van der Waals surface area (Å²) in [6, 6.07) is 0.0625. The fourth-order valence-corrected chi connectivity index (χ4v) is 2.27. The van der Waals surface area contributed by atoms with E-state index in [0.29, 0.717) is 5.56 Å². The molecule has 146 valence electrons. The van der Waals surface area contributed by atoms with Crippen LogP contribution in [0, 0.1) is 0 Å². The monoisotopic (exact) mass is 389 g/mol. The molecule has 2 nitrogen and oxygen atoms in total. The van der Waals surface area contributed by atoms with Gasteiger partial charge >= 0.3 is 12.1 Å². The predicted octanol–water partition coefficient (Wildman–Crippen LogP) is 5.61. The molecular weight excluding hydrogens is 365 g/mol. The van der Waals surface area contributed by atoms with Gasteiger partial charge in [-0.25, -0.2) is 0 Å². The molecule has 0 radical (unpaired) electrons. The van der Waals surface area contributed by atoms with E-state index in [-0.39, 0.29) is 18.0 Å². The lowest BCUT2D eigenvalue weighted by molar-refractivity contribution is -0.291. The molecule has 0 aliphatic rings. The molecule has 0 spiro atoms. The molecular formula is C17H25ClF5NO. The summed E-state index contributed by atoms with van der Waals surface area (Å²) in [4.78, 5) is 0. The maximum Gasteiger partial charge on any atom is 0.455 e. The first kappa shape index (κ1) is 23.9. The molecule has 0 aliphatic heterocycles. The van der Waals surface area contributed by atoms with E-state index >= 15 is 0 Å². The summed E-state index contributed by atoms with van der Waals surface area (Å²) in [5.41, 5.74) is 4.27. The van der Waals surface area contributed by atoms with E-state index in [2.05, 4.69) is 0 Å². The Morgan fingerprint density at radius 2 is 1.32 bits per heavy atom. The van der Waals surface area contributed by atoms with Crippen molar-refractivity contribution in [3.8, 4) is 5.75 Å². The molecule has 0 saturated carbocycles. The zero-order chi connectivity index (χ0) is 19.3. The van der Waals surface area contributed by atoms with Crippen LogP contribution in [0.1, 0.15) is 64.3 Å². The van der Waals surface area contributed by atoms with E-state index in [4.69, 9.17) is 5.73 Å². The Hall–Kier alpha value is -1.08. The maximum absolute atomic E-state index is 13.7. The van der Waals surface area contributed by atoms with Gasteiger partial charge in [-0.15, -0.1) is 12.4 Å². The van der Waals surface area contributed by atoms with Gasteiger partial charge in [-0.3, -0.25) is 0 Å². The van der Waals surface area contributed by atoms with Crippen molar-refractivity contribution in [3.63, 3.8) is 0 Å². The molecule has 0 aromatic heterocycles. The number of rotatable bonds is 2. The molecule has 0 heterocycles. The van der Waals surface area contributed by atoms with Gasteiger partial charge in [-0.1, -0.05) is 47.6 Å². The van der Waals surface area contributed by atoms with Crippen molar-refractivity contribution < 1.29 is 27.1 Å². The first-order valence-electron chi connectivity index (χ1n) is 7.48. The summed E-state index contributed by atoms with van der Waals surface area (Å²) >= 11 is 0. The van der Waals surface area contributed by atoms with Gasteiger partial charge in [0.25, 0.3) is 0 Å². The fourth-order valence-electron chi connectivity index (χ4n) is 2.27. The maximum atomic E-state index is 13.7. The molecule has 1 aromatic rings. The topological polar surface area (TPSA) is 46.2 Å². The van der Waals surface area contributed by atoms with E-state index in [1.807, 2.05) is 0 Å². The molecule has 3 N–H and O–H groups in total. The number of aromatic hydroxyl groups is 1. The average Bonchev–Trinajstić information content (AvgIpc) is 2.33. The first-order valence-corrected chi connectivity index (χ1v) is 7.48. The van der Waals surface area contributed by atoms with Crippen LogP contribution in [0.15, 0.2) is 12.1 Å². The highest BCUT2D eigenvalue weighted by Crippen LogP contribution is 2.47. The van der Waals surface area contributed by atoms with Crippen LogP contribution in [0.5, 0.6) is 5.75 Å². The Balaban J connectivity index is 0.00000576. The molecule has 1 rings (SSSR count).